The maximum atomic E-state index is 12.1. The molecule has 0 aromatic heterocycles. The van der Waals surface area contributed by atoms with Gasteiger partial charge in [0.25, 0.3) is 5.91 Å². The van der Waals surface area contributed by atoms with Crippen LogP contribution in [0.25, 0.3) is 0 Å². The van der Waals surface area contributed by atoms with Crippen LogP contribution in [0.2, 0.25) is 0 Å². The topological polar surface area (TPSA) is 116 Å². The molecule has 1 saturated heterocycles. The molecule has 1 aliphatic rings. The lowest BCUT2D eigenvalue weighted by molar-refractivity contribution is -0.135. The van der Waals surface area contributed by atoms with E-state index < -0.39 is 18.4 Å². The Kier molecular flexibility index (Phi) is 4.95. The molecule has 8 heteroatoms. The number of carbonyl (C=O) groups excluding carboxylic acids is 3. The number of carboxylic acid groups (broad SMARTS) is 1. The van der Waals surface area contributed by atoms with E-state index in [-0.39, 0.29) is 24.2 Å². The van der Waals surface area contributed by atoms with E-state index in [4.69, 9.17) is 5.11 Å². The number of hydrogen-bond acceptors (Lipinski definition) is 4. The number of aliphatic carboxylic acids is 1. The normalized spacial score (nSPS) is 17.0. The van der Waals surface area contributed by atoms with Crippen LogP contribution in [0.1, 0.15) is 16.8 Å². The Hall–Kier alpha value is -2.90. The van der Waals surface area contributed by atoms with Crippen LogP contribution in [0.5, 0.6) is 0 Å². The van der Waals surface area contributed by atoms with Gasteiger partial charge in [0.2, 0.25) is 11.8 Å². The summed E-state index contributed by atoms with van der Waals surface area (Å²) in [5, 5.41) is 13.4. The van der Waals surface area contributed by atoms with E-state index >= 15 is 0 Å². The van der Waals surface area contributed by atoms with Crippen molar-refractivity contribution in [2.75, 3.05) is 25.5 Å². The summed E-state index contributed by atoms with van der Waals surface area (Å²) < 4.78 is 0. The highest BCUT2D eigenvalue weighted by molar-refractivity contribution is 5.98. The van der Waals surface area contributed by atoms with Crippen molar-refractivity contribution in [2.45, 2.75) is 6.42 Å². The number of nitrogens with zero attached hydrogens (tertiary/aromatic N) is 1. The van der Waals surface area contributed by atoms with E-state index in [1.165, 1.54) is 17.0 Å². The van der Waals surface area contributed by atoms with Crippen molar-refractivity contribution in [3.8, 4) is 0 Å². The molecule has 1 heterocycles. The quantitative estimate of drug-likeness (QED) is 0.702. The van der Waals surface area contributed by atoms with Crippen molar-refractivity contribution in [3.05, 3.63) is 29.8 Å². The lowest BCUT2D eigenvalue weighted by Gasteiger charge is -2.11. The minimum Gasteiger partial charge on any atom is -0.480 e. The Labute approximate surface area is 132 Å². The molecule has 0 spiro atoms. The first-order valence-electron chi connectivity index (χ1n) is 7.01. The number of carbonyl (C=O) groups is 4. The second-order valence-corrected chi connectivity index (χ2v) is 5.32. The third kappa shape index (κ3) is 4.29. The van der Waals surface area contributed by atoms with Gasteiger partial charge < -0.3 is 20.6 Å². The van der Waals surface area contributed by atoms with E-state index in [1.54, 1.807) is 19.2 Å². The van der Waals surface area contributed by atoms with Crippen molar-refractivity contribution >= 4 is 29.4 Å². The summed E-state index contributed by atoms with van der Waals surface area (Å²) >= 11 is 0. The summed E-state index contributed by atoms with van der Waals surface area (Å²) in [5.74, 6) is -2.32. The van der Waals surface area contributed by atoms with Crippen LogP contribution in [0.15, 0.2) is 24.3 Å². The van der Waals surface area contributed by atoms with E-state index in [0.717, 1.165) is 0 Å². The van der Waals surface area contributed by atoms with Crippen LogP contribution in [-0.2, 0) is 14.4 Å². The molecule has 3 N–H and O–H groups in total. The van der Waals surface area contributed by atoms with Gasteiger partial charge in [0, 0.05) is 31.3 Å². The zero-order valence-electron chi connectivity index (χ0n) is 12.5. The van der Waals surface area contributed by atoms with E-state index in [9.17, 15) is 19.2 Å². The third-order valence-electron chi connectivity index (χ3n) is 3.53. The molecule has 8 nitrogen and oxygen atoms in total. The molecular formula is C15H17N3O5. The van der Waals surface area contributed by atoms with Gasteiger partial charge in [0.05, 0.1) is 5.92 Å². The molecule has 0 bridgehead atoms. The largest absolute Gasteiger partial charge is 0.480 e. The number of likely N-dealkylation sites (tertiary alicyclic amines) is 1. The number of hydrogen-bond donors (Lipinski definition) is 3. The van der Waals surface area contributed by atoms with Gasteiger partial charge >= 0.3 is 5.97 Å². The second-order valence-electron chi connectivity index (χ2n) is 5.32. The van der Waals surface area contributed by atoms with Crippen molar-refractivity contribution in [1.82, 2.24) is 10.2 Å². The average molecular weight is 319 g/mol. The molecule has 1 aromatic rings. The number of benzene rings is 1. The predicted octanol–water partition coefficient (Wildman–Crippen LogP) is -0.0822. The fourth-order valence-electron chi connectivity index (χ4n) is 2.25. The molecule has 1 fully saturated rings. The molecular weight excluding hydrogens is 302 g/mol. The van der Waals surface area contributed by atoms with Crippen LogP contribution < -0.4 is 10.6 Å². The maximum absolute atomic E-state index is 12.1. The summed E-state index contributed by atoms with van der Waals surface area (Å²) in [4.78, 5) is 47.1. The molecule has 0 aliphatic carbocycles. The molecule has 0 saturated carbocycles. The van der Waals surface area contributed by atoms with E-state index in [1.807, 2.05) is 0 Å². The van der Waals surface area contributed by atoms with Crippen LogP contribution in [0, 0.1) is 5.92 Å². The lowest BCUT2D eigenvalue weighted by Crippen LogP contribution is -2.29. The molecule has 1 aromatic carbocycles. The number of anilines is 1. The van der Waals surface area contributed by atoms with Crippen LogP contribution in [0.4, 0.5) is 5.69 Å². The summed E-state index contributed by atoms with van der Waals surface area (Å²) in [6.45, 7) is -0.0686. The molecule has 1 aliphatic heterocycles. The zero-order chi connectivity index (χ0) is 17.0. The molecule has 1 atom stereocenters. The highest BCUT2D eigenvalue weighted by Crippen LogP contribution is 2.18. The smallest absolute Gasteiger partial charge is 0.322 e. The Balaban J connectivity index is 1.92. The zero-order valence-corrected chi connectivity index (χ0v) is 12.5. The average Bonchev–Trinajstić information content (AvgIpc) is 2.85. The first-order chi connectivity index (χ1) is 10.9. The number of carboxylic acids is 1. The highest BCUT2D eigenvalue weighted by Gasteiger charge is 2.32. The third-order valence-corrected chi connectivity index (χ3v) is 3.53. The van der Waals surface area contributed by atoms with Crippen LogP contribution in [0.3, 0.4) is 0 Å². The van der Waals surface area contributed by atoms with Gasteiger partial charge in [0.15, 0.2) is 0 Å². The summed E-state index contributed by atoms with van der Waals surface area (Å²) in [6.07, 6.45) is 0.192. The molecule has 1 unspecified atom stereocenters. The van der Waals surface area contributed by atoms with Gasteiger partial charge in [-0.25, -0.2) is 0 Å². The van der Waals surface area contributed by atoms with Crippen molar-refractivity contribution in [3.63, 3.8) is 0 Å². The van der Waals surface area contributed by atoms with Crippen LogP contribution >= 0.6 is 0 Å². The molecule has 122 valence electrons. The van der Waals surface area contributed by atoms with Gasteiger partial charge in [-0.05, 0) is 24.3 Å². The molecule has 23 heavy (non-hydrogen) atoms. The van der Waals surface area contributed by atoms with Crippen molar-refractivity contribution in [1.29, 1.82) is 0 Å². The minimum absolute atomic E-state index is 0.0596. The van der Waals surface area contributed by atoms with E-state index in [0.29, 0.717) is 17.8 Å². The van der Waals surface area contributed by atoms with Crippen molar-refractivity contribution in [2.24, 2.45) is 5.92 Å². The van der Waals surface area contributed by atoms with Gasteiger partial charge in [-0.15, -0.1) is 0 Å². The maximum Gasteiger partial charge on any atom is 0.322 e. The first-order valence-corrected chi connectivity index (χ1v) is 7.01. The molecule has 0 radical (unpaired) electrons. The summed E-state index contributed by atoms with van der Waals surface area (Å²) in [7, 11) is 1.65. The minimum atomic E-state index is -1.13. The van der Waals surface area contributed by atoms with E-state index in [2.05, 4.69) is 10.6 Å². The van der Waals surface area contributed by atoms with Gasteiger partial charge in [-0.1, -0.05) is 0 Å². The molecule has 3 amide bonds. The highest BCUT2D eigenvalue weighted by atomic mass is 16.4. The SMILES string of the molecule is CN1CC(C(=O)Nc2ccc(C(=O)NCC(=O)O)cc2)CC1=O. The Morgan fingerprint density at radius 1 is 1.26 bits per heavy atom. The number of nitrogens with one attached hydrogen (secondary N) is 2. The van der Waals surface area contributed by atoms with Gasteiger partial charge in [0.1, 0.15) is 6.54 Å². The summed E-state index contributed by atoms with van der Waals surface area (Å²) in [5.41, 5.74) is 0.798. The fourth-order valence-corrected chi connectivity index (χ4v) is 2.25. The Morgan fingerprint density at radius 2 is 1.91 bits per heavy atom. The standard InChI is InChI=1S/C15H17N3O5/c1-18-8-10(6-12(18)19)15(23)17-11-4-2-9(3-5-11)14(22)16-7-13(20)21/h2-5,10H,6-8H2,1H3,(H,16,22)(H,17,23)(H,20,21). The lowest BCUT2D eigenvalue weighted by atomic mass is 10.1. The summed E-state index contributed by atoms with van der Waals surface area (Å²) in [6, 6.07) is 6.07. The van der Waals surface area contributed by atoms with Crippen LogP contribution in [-0.4, -0.2) is 53.8 Å². The Morgan fingerprint density at radius 3 is 2.43 bits per heavy atom. The fraction of sp³-hybridized carbons (Fsp3) is 0.333. The second kappa shape index (κ2) is 6.91. The monoisotopic (exact) mass is 319 g/mol. The van der Waals surface area contributed by atoms with Crippen molar-refractivity contribution < 1.29 is 24.3 Å². The Bertz CT molecular complexity index is 641. The van der Waals surface area contributed by atoms with Gasteiger partial charge in [-0.2, -0.15) is 0 Å². The number of amides is 3. The predicted molar refractivity (Wildman–Crippen MR) is 80.8 cm³/mol. The molecule has 2 rings (SSSR count). The van der Waals surface area contributed by atoms with Gasteiger partial charge in [-0.3, -0.25) is 19.2 Å². The number of rotatable bonds is 5. The first kappa shape index (κ1) is 16.5.